The van der Waals surface area contributed by atoms with Crippen molar-refractivity contribution >= 4 is 11.9 Å². The quantitative estimate of drug-likeness (QED) is 0.489. The lowest BCUT2D eigenvalue weighted by atomic mass is 10.2. The molecule has 1 rings (SSSR count). The molecule has 1 aliphatic rings. The molecule has 0 aromatic heterocycles. The van der Waals surface area contributed by atoms with Gasteiger partial charge in [-0.2, -0.15) is 0 Å². The molecule has 1 saturated heterocycles. The van der Waals surface area contributed by atoms with E-state index in [1.54, 1.807) is 0 Å². The number of ether oxygens (including phenoxy) is 1. The van der Waals surface area contributed by atoms with E-state index in [1.807, 2.05) is 0 Å². The molecule has 0 radical (unpaired) electrons. The molecule has 1 atom stereocenters. The van der Waals surface area contributed by atoms with Gasteiger partial charge in [0.15, 0.2) is 0 Å². The lowest BCUT2D eigenvalue weighted by molar-refractivity contribution is -0.140. The Morgan fingerprint density at radius 2 is 2.28 bits per heavy atom. The molecule has 1 fully saturated rings. The Hall–Kier alpha value is -1.14. The van der Waals surface area contributed by atoms with Gasteiger partial charge in [0.2, 0.25) is 5.91 Å². The zero-order valence-electron chi connectivity index (χ0n) is 11.2. The number of hydrogen-bond donors (Lipinski definition) is 2. The SMILES string of the molecule is COC(=O)CCCNC(=O)CN1CCNC[C@H]1C. The van der Waals surface area contributed by atoms with E-state index in [0.717, 1.165) is 19.6 Å². The van der Waals surface area contributed by atoms with Crippen LogP contribution in [0.1, 0.15) is 19.8 Å². The van der Waals surface area contributed by atoms with Crippen LogP contribution in [0.4, 0.5) is 0 Å². The summed E-state index contributed by atoms with van der Waals surface area (Å²) in [6.45, 7) is 5.82. The van der Waals surface area contributed by atoms with Crippen LogP contribution in [0.5, 0.6) is 0 Å². The van der Waals surface area contributed by atoms with Crippen LogP contribution in [0.15, 0.2) is 0 Å². The molecule has 0 spiro atoms. The monoisotopic (exact) mass is 257 g/mol. The summed E-state index contributed by atoms with van der Waals surface area (Å²) in [5, 5.41) is 6.11. The largest absolute Gasteiger partial charge is 0.469 e. The van der Waals surface area contributed by atoms with E-state index < -0.39 is 0 Å². The van der Waals surface area contributed by atoms with E-state index in [4.69, 9.17) is 0 Å². The maximum atomic E-state index is 11.7. The third-order valence-electron chi connectivity index (χ3n) is 3.09. The van der Waals surface area contributed by atoms with Crippen LogP contribution in [-0.2, 0) is 14.3 Å². The predicted octanol–water partition coefficient (Wildman–Crippen LogP) is -0.650. The molecule has 0 aliphatic carbocycles. The molecule has 6 nitrogen and oxygen atoms in total. The minimum absolute atomic E-state index is 0.0219. The summed E-state index contributed by atoms with van der Waals surface area (Å²) in [6.07, 6.45) is 0.969. The first-order valence-electron chi connectivity index (χ1n) is 6.41. The minimum atomic E-state index is -0.236. The highest BCUT2D eigenvalue weighted by atomic mass is 16.5. The number of piperazine rings is 1. The average molecular weight is 257 g/mol. The lowest BCUT2D eigenvalue weighted by Crippen LogP contribution is -2.52. The topological polar surface area (TPSA) is 70.7 Å². The lowest BCUT2D eigenvalue weighted by Gasteiger charge is -2.33. The number of nitrogens with zero attached hydrogens (tertiary/aromatic N) is 1. The first-order valence-corrected chi connectivity index (χ1v) is 6.41. The molecule has 1 heterocycles. The Morgan fingerprint density at radius 1 is 1.50 bits per heavy atom. The van der Waals surface area contributed by atoms with E-state index in [1.165, 1.54) is 7.11 Å². The second-order valence-electron chi connectivity index (χ2n) is 4.55. The van der Waals surface area contributed by atoms with E-state index in [-0.39, 0.29) is 11.9 Å². The standard InChI is InChI=1S/C12H23N3O3/c1-10-8-13-6-7-15(10)9-11(16)14-5-3-4-12(17)18-2/h10,13H,3-9H2,1-2H3,(H,14,16)/t10-/m1/s1. The van der Waals surface area contributed by atoms with Crippen molar-refractivity contribution in [2.75, 3.05) is 39.8 Å². The fraction of sp³-hybridized carbons (Fsp3) is 0.833. The van der Waals surface area contributed by atoms with Crippen molar-refractivity contribution in [3.05, 3.63) is 0 Å². The molecule has 0 saturated carbocycles. The van der Waals surface area contributed by atoms with Crippen LogP contribution < -0.4 is 10.6 Å². The summed E-state index contributed by atoms with van der Waals surface area (Å²) < 4.78 is 4.53. The van der Waals surface area contributed by atoms with Gasteiger partial charge in [-0.25, -0.2) is 0 Å². The third-order valence-corrected chi connectivity index (χ3v) is 3.09. The summed E-state index contributed by atoms with van der Waals surface area (Å²) in [5.41, 5.74) is 0. The van der Waals surface area contributed by atoms with Crippen LogP contribution in [-0.4, -0.2) is 62.7 Å². The molecule has 0 bridgehead atoms. The second kappa shape index (κ2) is 8.05. The van der Waals surface area contributed by atoms with Crippen molar-refractivity contribution in [3.63, 3.8) is 0 Å². The molecule has 0 aromatic carbocycles. The summed E-state index contributed by atoms with van der Waals surface area (Å²) in [6, 6.07) is 0.388. The first kappa shape index (κ1) is 14.9. The molecule has 1 aliphatic heterocycles. The van der Waals surface area contributed by atoms with Crippen LogP contribution in [0, 0.1) is 0 Å². The smallest absolute Gasteiger partial charge is 0.305 e. The molecular formula is C12H23N3O3. The molecule has 6 heteroatoms. The van der Waals surface area contributed by atoms with Crippen LogP contribution in [0.2, 0.25) is 0 Å². The maximum absolute atomic E-state index is 11.7. The van der Waals surface area contributed by atoms with E-state index in [9.17, 15) is 9.59 Å². The van der Waals surface area contributed by atoms with Gasteiger partial charge < -0.3 is 15.4 Å². The Morgan fingerprint density at radius 3 is 2.94 bits per heavy atom. The molecular weight excluding hydrogens is 234 g/mol. The molecule has 18 heavy (non-hydrogen) atoms. The van der Waals surface area contributed by atoms with E-state index >= 15 is 0 Å². The number of methoxy groups -OCH3 is 1. The van der Waals surface area contributed by atoms with Gasteiger partial charge in [0.25, 0.3) is 0 Å². The number of nitrogens with one attached hydrogen (secondary N) is 2. The van der Waals surface area contributed by atoms with Crippen molar-refractivity contribution in [3.8, 4) is 0 Å². The van der Waals surface area contributed by atoms with Gasteiger partial charge in [-0.3, -0.25) is 14.5 Å². The minimum Gasteiger partial charge on any atom is -0.469 e. The van der Waals surface area contributed by atoms with Crippen LogP contribution in [0.3, 0.4) is 0 Å². The summed E-state index contributed by atoms with van der Waals surface area (Å²) in [7, 11) is 1.37. The Kier molecular flexibility index (Phi) is 6.67. The number of hydrogen-bond acceptors (Lipinski definition) is 5. The molecule has 1 amide bonds. The normalized spacial score (nSPS) is 20.4. The Balaban J connectivity index is 2.11. The number of amides is 1. The average Bonchev–Trinajstić information content (AvgIpc) is 2.37. The van der Waals surface area contributed by atoms with Crippen LogP contribution >= 0.6 is 0 Å². The highest BCUT2D eigenvalue weighted by Gasteiger charge is 2.19. The Labute approximate surface area is 108 Å². The van der Waals surface area contributed by atoms with Crippen molar-refractivity contribution in [2.45, 2.75) is 25.8 Å². The van der Waals surface area contributed by atoms with E-state index in [2.05, 4.69) is 27.2 Å². The van der Waals surface area contributed by atoms with Gasteiger partial charge in [0.1, 0.15) is 0 Å². The summed E-state index contributed by atoms with van der Waals surface area (Å²) in [4.78, 5) is 24.7. The zero-order valence-corrected chi connectivity index (χ0v) is 11.2. The summed E-state index contributed by atoms with van der Waals surface area (Å²) in [5.74, 6) is -0.214. The van der Waals surface area contributed by atoms with Crippen LogP contribution in [0.25, 0.3) is 0 Å². The van der Waals surface area contributed by atoms with Crippen molar-refractivity contribution in [1.29, 1.82) is 0 Å². The third kappa shape index (κ3) is 5.46. The molecule has 2 N–H and O–H groups in total. The number of rotatable bonds is 6. The highest BCUT2D eigenvalue weighted by molar-refractivity contribution is 5.78. The number of esters is 1. The van der Waals surface area contributed by atoms with Gasteiger partial charge >= 0.3 is 5.97 Å². The zero-order chi connectivity index (χ0) is 13.4. The van der Waals surface area contributed by atoms with Gasteiger partial charge in [-0.05, 0) is 13.3 Å². The van der Waals surface area contributed by atoms with Crippen molar-refractivity contribution in [1.82, 2.24) is 15.5 Å². The second-order valence-corrected chi connectivity index (χ2v) is 4.55. The predicted molar refractivity (Wildman–Crippen MR) is 68.2 cm³/mol. The fourth-order valence-electron chi connectivity index (χ4n) is 1.92. The van der Waals surface area contributed by atoms with Crippen molar-refractivity contribution in [2.24, 2.45) is 0 Å². The maximum Gasteiger partial charge on any atom is 0.305 e. The van der Waals surface area contributed by atoms with Gasteiger partial charge in [-0.15, -0.1) is 0 Å². The number of carbonyl (C=O) groups excluding carboxylic acids is 2. The molecule has 0 aromatic rings. The fourth-order valence-corrected chi connectivity index (χ4v) is 1.92. The first-order chi connectivity index (χ1) is 8.63. The highest BCUT2D eigenvalue weighted by Crippen LogP contribution is 2.01. The Bertz CT molecular complexity index is 284. The van der Waals surface area contributed by atoms with Gasteiger partial charge in [-0.1, -0.05) is 0 Å². The van der Waals surface area contributed by atoms with E-state index in [0.29, 0.717) is 32.0 Å². The molecule has 0 unspecified atom stereocenters. The summed E-state index contributed by atoms with van der Waals surface area (Å²) >= 11 is 0. The molecule has 104 valence electrons. The van der Waals surface area contributed by atoms with Gasteiger partial charge in [0, 0.05) is 38.6 Å². The number of carbonyl (C=O) groups is 2. The van der Waals surface area contributed by atoms with Crippen molar-refractivity contribution < 1.29 is 14.3 Å². The van der Waals surface area contributed by atoms with Gasteiger partial charge in [0.05, 0.1) is 13.7 Å².